The maximum absolute atomic E-state index is 5.21. The number of hydrogen-bond acceptors (Lipinski definition) is 4. The number of rotatable bonds is 5. The summed E-state index contributed by atoms with van der Waals surface area (Å²) < 4.78 is 11.0. The Morgan fingerprint density at radius 1 is 1.44 bits per heavy atom. The summed E-state index contributed by atoms with van der Waals surface area (Å²) in [5.74, 6) is 0.836. The number of methoxy groups -OCH3 is 1. The Labute approximate surface area is 114 Å². The molecule has 2 rings (SSSR count). The van der Waals surface area contributed by atoms with Gasteiger partial charge in [-0.15, -0.1) is 0 Å². The van der Waals surface area contributed by atoms with Crippen LogP contribution in [-0.2, 0) is 6.54 Å². The predicted molar refractivity (Wildman–Crippen MR) is 72.5 cm³/mol. The molecule has 1 unspecified atom stereocenters. The lowest BCUT2D eigenvalue weighted by molar-refractivity contribution is 0.405. The zero-order valence-electron chi connectivity index (χ0n) is 10.3. The second-order valence-electron chi connectivity index (χ2n) is 3.99. The minimum absolute atomic E-state index is 0.226. The van der Waals surface area contributed by atoms with E-state index in [1.165, 1.54) is 5.56 Å². The molecule has 0 radical (unpaired) electrons. The summed E-state index contributed by atoms with van der Waals surface area (Å²) >= 11 is 3.49. The van der Waals surface area contributed by atoms with Crippen LogP contribution in [0.4, 0.5) is 0 Å². The van der Waals surface area contributed by atoms with Crippen molar-refractivity contribution in [3.8, 4) is 5.75 Å². The Hall–Kier alpha value is -1.33. The fraction of sp³-hybridized carbons (Fsp3) is 0.308. The van der Waals surface area contributed by atoms with Gasteiger partial charge in [-0.3, -0.25) is 0 Å². The number of halogens is 1. The van der Waals surface area contributed by atoms with Crippen molar-refractivity contribution in [2.75, 3.05) is 7.11 Å². The first-order valence-electron chi connectivity index (χ1n) is 5.67. The van der Waals surface area contributed by atoms with Crippen LogP contribution in [0, 0.1) is 0 Å². The Balaban J connectivity index is 2.00. The molecule has 18 heavy (non-hydrogen) atoms. The van der Waals surface area contributed by atoms with E-state index in [1.807, 2.05) is 18.2 Å². The fourth-order valence-corrected chi connectivity index (χ4v) is 2.21. The second kappa shape index (κ2) is 6.02. The third-order valence-corrected chi connectivity index (χ3v) is 3.38. The van der Waals surface area contributed by atoms with Gasteiger partial charge in [0.25, 0.3) is 0 Å². The first kappa shape index (κ1) is 13.1. The van der Waals surface area contributed by atoms with E-state index in [9.17, 15) is 0 Å². The molecule has 0 spiro atoms. The van der Waals surface area contributed by atoms with Gasteiger partial charge in [-0.25, -0.2) is 0 Å². The van der Waals surface area contributed by atoms with E-state index in [0.717, 1.165) is 15.9 Å². The number of ether oxygens (including phenoxy) is 1. The van der Waals surface area contributed by atoms with Crippen molar-refractivity contribution in [3.63, 3.8) is 0 Å². The molecule has 4 nitrogen and oxygen atoms in total. The van der Waals surface area contributed by atoms with Crippen LogP contribution in [0.3, 0.4) is 0 Å². The van der Waals surface area contributed by atoms with Crippen molar-refractivity contribution in [2.24, 2.45) is 0 Å². The van der Waals surface area contributed by atoms with Crippen LogP contribution < -0.4 is 10.1 Å². The van der Waals surface area contributed by atoms with Crippen LogP contribution in [0.1, 0.15) is 24.2 Å². The molecule has 2 aromatic rings. The molecule has 1 N–H and O–H groups in total. The number of benzene rings is 1. The Bertz CT molecular complexity index is 500. The minimum atomic E-state index is 0.226. The molecule has 1 aromatic heterocycles. The zero-order valence-corrected chi connectivity index (χ0v) is 11.9. The highest BCUT2D eigenvalue weighted by Gasteiger charge is 2.08. The van der Waals surface area contributed by atoms with Gasteiger partial charge in [0.15, 0.2) is 0 Å². The van der Waals surface area contributed by atoms with E-state index in [-0.39, 0.29) is 6.04 Å². The molecule has 5 heteroatoms. The SMILES string of the molecule is COc1ccc(C(C)NCc2ccon2)cc1Br. The second-order valence-corrected chi connectivity index (χ2v) is 4.84. The Morgan fingerprint density at radius 3 is 2.89 bits per heavy atom. The molecule has 0 saturated heterocycles. The molecule has 0 aliphatic rings. The van der Waals surface area contributed by atoms with Crippen LogP contribution in [0.25, 0.3) is 0 Å². The van der Waals surface area contributed by atoms with Crippen molar-refractivity contribution in [3.05, 3.63) is 46.3 Å². The van der Waals surface area contributed by atoms with Gasteiger partial charge in [-0.2, -0.15) is 0 Å². The minimum Gasteiger partial charge on any atom is -0.496 e. The summed E-state index contributed by atoms with van der Waals surface area (Å²) in [4.78, 5) is 0. The number of hydrogen-bond donors (Lipinski definition) is 1. The topological polar surface area (TPSA) is 47.3 Å². The van der Waals surface area contributed by atoms with Gasteiger partial charge in [0.2, 0.25) is 0 Å². The summed E-state index contributed by atoms with van der Waals surface area (Å²) in [6, 6.07) is 8.13. The molecule has 1 heterocycles. The fourth-order valence-electron chi connectivity index (χ4n) is 1.66. The van der Waals surface area contributed by atoms with Crippen molar-refractivity contribution in [1.29, 1.82) is 0 Å². The van der Waals surface area contributed by atoms with E-state index < -0.39 is 0 Å². The number of nitrogens with one attached hydrogen (secondary N) is 1. The standard InChI is InChI=1S/C13H15BrN2O2/c1-9(15-8-11-5-6-18-16-11)10-3-4-13(17-2)12(14)7-10/h3-7,9,15H,8H2,1-2H3. The van der Waals surface area contributed by atoms with Gasteiger partial charge in [0, 0.05) is 18.7 Å². The van der Waals surface area contributed by atoms with Crippen molar-refractivity contribution in [1.82, 2.24) is 10.5 Å². The van der Waals surface area contributed by atoms with E-state index in [4.69, 9.17) is 9.26 Å². The van der Waals surface area contributed by atoms with Gasteiger partial charge >= 0.3 is 0 Å². The highest BCUT2D eigenvalue weighted by atomic mass is 79.9. The van der Waals surface area contributed by atoms with Crippen LogP contribution in [0.5, 0.6) is 5.75 Å². The van der Waals surface area contributed by atoms with E-state index in [0.29, 0.717) is 6.54 Å². The molecular weight excluding hydrogens is 296 g/mol. The van der Waals surface area contributed by atoms with E-state index in [2.05, 4.69) is 39.4 Å². The van der Waals surface area contributed by atoms with Gasteiger partial charge in [0.05, 0.1) is 17.3 Å². The zero-order chi connectivity index (χ0) is 13.0. The van der Waals surface area contributed by atoms with E-state index in [1.54, 1.807) is 13.4 Å². The summed E-state index contributed by atoms with van der Waals surface area (Å²) in [5, 5.41) is 7.24. The van der Waals surface area contributed by atoms with Gasteiger partial charge in [0.1, 0.15) is 12.0 Å². The summed E-state index contributed by atoms with van der Waals surface area (Å²) in [6.45, 7) is 2.79. The molecule has 0 aliphatic heterocycles. The quantitative estimate of drug-likeness (QED) is 0.920. The maximum atomic E-state index is 5.21. The third kappa shape index (κ3) is 3.11. The highest BCUT2D eigenvalue weighted by molar-refractivity contribution is 9.10. The first-order chi connectivity index (χ1) is 8.70. The largest absolute Gasteiger partial charge is 0.496 e. The van der Waals surface area contributed by atoms with Crippen molar-refractivity contribution >= 4 is 15.9 Å². The molecule has 96 valence electrons. The molecule has 1 aromatic carbocycles. The van der Waals surface area contributed by atoms with Crippen LogP contribution in [-0.4, -0.2) is 12.3 Å². The summed E-state index contributed by atoms with van der Waals surface area (Å²) in [7, 11) is 1.66. The van der Waals surface area contributed by atoms with Crippen LogP contribution in [0.2, 0.25) is 0 Å². The first-order valence-corrected chi connectivity index (χ1v) is 6.46. The smallest absolute Gasteiger partial charge is 0.133 e. The lowest BCUT2D eigenvalue weighted by atomic mass is 10.1. The van der Waals surface area contributed by atoms with Gasteiger partial charge in [-0.05, 0) is 40.5 Å². The van der Waals surface area contributed by atoms with Crippen LogP contribution >= 0.6 is 15.9 Å². The average molecular weight is 311 g/mol. The summed E-state index contributed by atoms with van der Waals surface area (Å²) in [6.07, 6.45) is 1.58. The average Bonchev–Trinajstić information content (AvgIpc) is 2.89. The Kier molecular flexibility index (Phi) is 4.38. The molecule has 1 atom stereocenters. The molecule has 0 saturated carbocycles. The third-order valence-electron chi connectivity index (χ3n) is 2.76. The van der Waals surface area contributed by atoms with Crippen LogP contribution in [0.15, 0.2) is 39.5 Å². The van der Waals surface area contributed by atoms with Crippen molar-refractivity contribution < 1.29 is 9.26 Å². The summed E-state index contributed by atoms with van der Waals surface area (Å²) in [5.41, 5.74) is 2.08. The number of nitrogens with zero attached hydrogens (tertiary/aromatic N) is 1. The Morgan fingerprint density at radius 2 is 2.28 bits per heavy atom. The lowest BCUT2D eigenvalue weighted by Crippen LogP contribution is -2.18. The number of aromatic nitrogens is 1. The van der Waals surface area contributed by atoms with Gasteiger partial charge < -0.3 is 14.6 Å². The van der Waals surface area contributed by atoms with E-state index >= 15 is 0 Å². The lowest BCUT2D eigenvalue weighted by Gasteiger charge is -2.14. The normalized spacial score (nSPS) is 12.4. The monoisotopic (exact) mass is 310 g/mol. The highest BCUT2D eigenvalue weighted by Crippen LogP contribution is 2.27. The molecule has 0 aliphatic carbocycles. The molecule has 0 amide bonds. The predicted octanol–water partition coefficient (Wildman–Crippen LogP) is 3.30. The van der Waals surface area contributed by atoms with Gasteiger partial charge in [-0.1, -0.05) is 11.2 Å². The van der Waals surface area contributed by atoms with Crippen molar-refractivity contribution in [2.45, 2.75) is 19.5 Å². The molecule has 0 fully saturated rings. The molecular formula is C13H15BrN2O2. The molecule has 0 bridgehead atoms. The maximum Gasteiger partial charge on any atom is 0.133 e.